The van der Waals surface area contributed by atoms with Gasteiger partial charge in [-0.05, 0) is 42.5 Å². The molecule has 3 aromatic rings. The first-order chi connectivity index (χ1) is 11.3. The van der Waals surface area contributed by atoms with Crippen LogP contribution in [0.2, 0.25) is 0 Å². The van der Waals surface area contributed by atoms with Gasteiger partial charge in [0.15, 0.2) is 0 Å². The van der Waals surface area contributed by atoms with Crippen LogP contribution in [0.1, 0.15) is 0 Å². The number of benzene rings is 2. The number of sulfonamides is 1. The molecule has 0 amide bonds. The van der Waals surface area contributed by atoms with Crippen molar-refractivity contribution in [2.75, 3.05) is 0 Å². The molecule has 122 valence electrons. The average Bonchev–Trinajstić information content (AvgIpc) is 2.54. The topological polar surface area (TPSA) is 138 Å². The van der Waals surface area contributed by atoms with E-state index in [0.29, 0.717) is 16.8 Å². The number of pyridine rings is 1. The van der Waals surface area contributed by atoms with Crippen molar-refractivity contribution < 1.29 is 13.5 Å². The fraction of sp³-hybridized carbons (Fsp3) is 0. The highest BCUT2D eigenvalue weighted by atomic mass is 32.2. The Labute approximate surface area is 136 Å². The number of phenols is 1. The molecule has 0 atom stereocenters. The lowest BCUT2D eigenvalue weighted by molar-refractivity contribution is 0.480. The first-order valence-corrected chi connectivity index (χ1v) is 8.29. The summed E-state index contributed by atoms with van der Waals surface area (Å²) in [7, 11) is -3.76. The summed E-state index contributed by atoms with van der Waals surface area (Å²) in [6, 6.07) is 11.4. The highest BCUT2D eigenvalue weighted by Crippen LogP contribution is 2.31. The summed E-state index contributed by atoms with van der Waals surface area (Å²) < 4.78 is 22.4. The molecule has 0 fully saturated rings. The first-order valence-electron chi connectivity index (χ1n) is 6.74. The van der Waals surface area contributed by atoms with E-state index < -0.39 is 10.0 Å². The summed E-state index contributed by atoms with van der Waals surface area (Å²) in [5.74, 6) is -0.0702. The third kappa shape index (κ3) is 3.16. The first kappa shape index (κ1) is 15.8. The monoisotopic (exact) mass is 344 g/mol. The van der Waals surface area contributed by atoms with Crippen molar-refractivity contribution >= 4 is 32.3 Å². The van der Waals surface area contributed by atoms with Gasteiger partial charge in [-0.2, -0.15) is 5.11 Å². The van der Waals surface area contributed by atoms with Crippen LogP contribution >= 0.6 is 0 Å². The van der Waals surface area contributed by atoms with E-state index in [1.165, 1.54) is 42.5 Å². The molecule has 0 bridgehead atoms. The highest BCUT2D eigenvalue weighted by Gasteiger charge is 2.07. The Morgan fingerprint density at radius 1 is 0.958 bits per heavy atom. The number of nitrogens with one attached hydrogen (secondary N) is 1. The van der Waals surface area contributed by atoms with Crippen LogP contribution in [-0.2, 0) is 10.0 Å². The number of hydrogen-bond donors (Lipinski definition) is 3. The van der Waals surface area contributed by atoms with Crippen molar-refractivity contribution in [2.45, 2.75) is 4.90 Å². The minimum absolute atomic E-state index is 0.0193. The molecule has 4 N–H and O–H groups in total. The Hall–Kier alpha value is -3.04. The smallest absolute Gasteiger partial charge is 0.248 e. The minimum Gasteiger partial charge on any atom is -0.506 e. The van der Waals surface area contributed by atoms with Gasteiger partial charge < -0.3 is 10.1 Å². The van der Waals surface area contributed by atoms with Gasteiger partial charge in [-0.1, -0.05) is 0 Å². The zero-order chi connectivity index (χ0) is 17.3. The molecular formula is C15H12N4O4S. The number of H-pyrrole nitrogens is 1. The van der Waals surface area contributed by atoms with Gasteiger partial charge in [-0.3, -0.25) is 4.79 Å². The van der Waals surface area contributed by atoms with E-state index in [9.17, 15) is 18.3 Å². The molecule has 0 spiro atoms. The van der Waals surface area contributed by atoms with Gasteiger partial charge >= 0.3 is 0 Å². The summed E-state index contributed by atoms with van der Waals surface area (Å²) in [4.78, 5) is 13.9. The number of primary sulfonamides is 1. The second kappa shape index (κ2) is 5.87. The SMILES string of the molecule is NS(=O)(=O)c1ccc(N=Nc2ccc(O)c3[nH]c(=O)ccc23)cc1. The number of phenolic OH excluding ortho intramolecular Hbond substituents is 1. The van der Waals surface area contributed by atoms with Gasteiger partial charge in [0.2, 0.25) is 15.6 Å². The molecule has 0 aliphatic heterocycles. The molecule has 0 saturated heterocycles. The molecule has 0 radical (unpaired) electrons. The Bertz CT molecular complexity index is 1100. The van der Waals surface area contributed by atoms with Gasteiger partial charge in [-0.15, -0.1) is 5.11 Å². The van der Waals surface area contributed by atoms with Crippen molar-refractivity contribution in [3.8, 4) is 5.75 Å². The number of azo groups is 1. The van der Waals surface area contributed by atoms with Gasteiger partial charge in [-0.25, -0.2) is 13.6 Å². The molecule has 24 heavy (non-hydrogen) atoms. The Kier molecular flexibility index (Phi) is 3.87. The lowest BCUT2D eigenvalue weighted by Gasteiger charge is -2.03. The second-order valence-corrected chi connectivity index (χ2v) is 6.52. The normalized spacial score (nSPS) is 12.0. The lowest BCUT2D eigenvalue weighted by Crippen LogP contribution is -2.11. The minimum atomic E-state index is -3.76. The summed E-state index contributed by atoms with van der Waals surface area (Å²) in [5.41, 5.74) is 0.789. The van der Waals surface area contributed by atoms with E-state index >= 15 is 0 Å². The van der Waals surface area contributed by atoms with Crippen LogP contribution in [0.3, 0.4) is 0 Å². The van der Waals surface area contributed by atoms with E-state index in [4.69, 9.17) is 5.14 Å². The van der Waals surface area contributed by atoms with Gasteiger partial charge in [0.25, 0.3) is 0 Å². The maximum absolute atomic E-state index is 11.4. The van der Waals surface area contributed by atoms with Gasteiger partial charge in [0, 0.05) is 11.5 Å². The molecule has 0 unspecified atom stereocenters. The van der Waals surface area contributed by atoms with E-state index in [1.54, 1.807) is 6.07 Å². The van der Waals surface area contributed by atoms with Crippen molar-refractivity contribution in [1.82, 2.24) is 4.98 Å². The zero-order valence-corrected chi connectivity index (χ0v) is 13.0. The largest absolute Gasteiger partial charge is 0.506 e. The third-order valence-corrected chi connectivity index (χ3v) is 4.22. The molecule has 0 saturated carbocycles. The molecule has 0 aliphatic carbocycles. The van der Waals surface area contributed by atoms with E-state index in [2.05, 4.69) is 15.2 Å². The number of aromatic amines is 1. The highest BCUT2D eigenvalue weighted by molar-refractivity contribution is 7.89. The molecule has 9 heteroatoms. The maximum Gasteiger partial charge on any atom is 0.248 e. The van der Waals surface area contributed by atoms with Crippen LogP contribution in [0.25, 0.3) is 10.9 Å². The number of nitrogens with zero attached hydrogens (tertiary/aromatic N) is 2. The van der Waals surface area contributed by atoms with Crippen molar-refractivity contribution in [2.24, 2.45) is 15.4 Å². The number of aromatic nitrogens is 1. The third-order valence-electron chi connectivity index (χ3n) is 3.29. The fourth-order valence-corrected chi connectivity index (χ4v) is 2.64. The number of aromatic hydroxyl groups is 1. The predicted molar refractivity (Wildman–Crippen MR) is 88.2 cm³/mol. The molecular weight excluding hydrogens is 332 g/mol. The quantitative estimate of drug-likeness (QED) is 0.627. The van der Waals surface area contributed by atoms with Crippen LogP contribution < -0.4 is 10.7 Å². The van der Waals surface area contributed by atoms with Gasteiger partial charge in [0.1, 0.15) is 5.75 Å². The van der Waals surface area contributed by atoms with Gasteiger partial charge in [0.05, 0.1) is 21.8 Å². The summed E-state index contributed by atoms with van der Waals surface area (Å²) in [5, 5.41) is 23.5. The second-order valence-electron chi connectivity index (χ2n) is 4.95. The molecule has 1 aromatic heterocycles. The lowest BCUT2D eigenvalue weighted by atomic mass is 10.1. The van der Waals surface area contributed by atoms with Crippen LogP contribution in [-0.4, -0.2) is 18.5 Å². The van der Waals surface area contributed by atoms with Crippen molar-refractivity contribution in [3.63, 3.8) is 0 Å². The van der Waals surface area contributed by atoms with Crippen LogP contribution in [0.15, 0.2) is 68.4 Å². The van der Waals surface area contributed by atoms with Crippen LogP contribution in [0.4, 0.5) is 11.4 Å². The number of fused-ring (bicyclic) bond motifs is 1. The van der Waals surface area contributed by atoms with E-state index in [0.717, 1.165) is 0 Å². The Morgan fingerprint density at radius 2 is 1.67 bits per heavy atom. The molecule has 2 aromatic carbocycles. The van der Waals surface area contributed by atoms with E-state index in [-0.39, 0.29) is 21.7 Å². The number of rotatable bonds is 3. The molecule has 0 aliphatic rings. The Morgan fingerprint density at radius 3 is 2.33 bits per heavy atom. The predicted octanol–water partition coefficient (Wildman–Crippen LogP) is 2.30. The average molecular weight is 344 g/mol. The molecule has 3 rings (SSSR count). The van der Waals surface area contributed by atoms with Crippen molar-refractivity contribution in [3.05, 3.63) is 58.9 Å². The van der Waals surface area contributed by atoms with Crippen LogP contribution in [0, 0.1) is 0 Å². The van der Waals surface area contributed by atoms with E-state index in [1.807, 2.05) is 0 Å². The maximum atomic E-state index is 11.4. The van der Waals surface area contributed by atoms with Crippen LogP contribution in [0.5, 0.6) is 5.75 Å². The number of hydrogen-bond acceptors (Lipinski definition) is 6. The summed E-state index contributed by atoms with van der Waals surface area (Å²) in [6.45, 7) is 0. The molecule has 8 nitrogen and oxygen atoms in total. The zero-order valence-electron chi connectivity index (χ0n) is 12.2. The summed E-state index contributed by atoms with van der Waals surface area (Å²) in [6.07, 6.45) is 0. The summed E-state index contributed by atoms with van der Waals surface area (Å²) >= 11 is 0. The van der Waals surface area contributed by atoms with Crippen molar-refractivity contribution in [1.29, 1.82) is 0 Å². The Balaban J connectivity index is 1.99. The fourth-order valence-electron chi connectivity index (χ4n) is 2.12. The standard InChI is InChI=1S/C15H12N4O4S/c16-24(22,23)10-3-1-9(2-4-10)18-19-12-6-7-13(20)15-11(12)5-8-14(21)17-15/h1-8,20H,(H,17,21)(H2,16,22,23). The molecule has 1 heterocycles. The number of nitrogens with two attached hydrogens (primary N) is 1.